The lowest BCUT2D eigenvalue weighted by Crippen LogP contribution is -2.45. The van der Waals surface area contributed by atoms with Crippen LogP contribution >= 0.6 is 11.3 Å². The van der Waals surface area contributed by atoms with E-state index in [9.17, 15) is 9.18 Å². The molecule has 1 saturated heterocycles. The highest BCUT2D eigenvalue weighted by molar-refractivity contribution is 7.17. The zero-order chi connectivity index (χ0) is 16.5. The van der Waals surface area contributed by atoms with Gasteiger partial charge in [0.05, 0.1) is 10.2 Å². The average molecular weight is 343 g/mol. The molecule has 0 radical (unpaired) electrons. The molecule has 1 atom stereocenters. The van der Waals surface area contributed by atoms with E-state index in [1.54, 1.807) is 17.4 Å². The Balaban J connectivity index is 1.46. The summed E-state index contributed by atoms with van der Waals surface area (Å²) in [6.07, 6.45) is 1.91. The molecule has 3 heterocycles. The van der Waals surface area contributed by atoms with Gasteiger partial charge in [-0.05, 0) is 48.6 Å². The van der Waals surface area contributed by atoms with E-state index in [0.717, 1.165) is 35.3 Å². The quantitative estimate of drug-likeness (QED) is 0.753. The summed E-state index contributed by atoms with van der Waals surface area (Å²) in [6, 6.07) is 10.5. The molecule has 0 spiro atoms. The number of nitrogens with zero attached hydrogens (tertiary/aromatic N) is 1. The van der Waals surface area contributed by atoms with Crippen LogP contribution in [0.15, 0.2) is 41.8 Å². The van der Waals surface area contributed by atoms with Crippen LogP contribution in [-0.2, 0) is 0 Å². The number of likely N-dealkylation sites (tertiary alicyclic amines) is 1. The molecule has 1 aliphatic heterocycles. The highest BCUT2D eigenvalue weighted by Gasteiger charge is 2.25. The van der Waals surface area contributed by atoms with E-state index in [1.165, 1.54) is 12.1 Å². The van der Waals surface area contributed by atoms with Gasteiger partial charge in [-0.1, -0.05) is 6.07 Å². The van der Waals surface area contributed by atoms with Crippen LogP contribution in [-0.4, -0.2) is 34.9 Å². The summed E-state index contributed by atoms with van der Waals surface area (Å²) in [5, 5.41) is 5.35. The van der Waals surface area contributed by atoms with Crippen LogP contribution in [0.25, 0.3) is 10.2 Å². The van der Waals surface area contributed by atoms with Crippen LogP contribution < -0.4 is 5.32 Å². The number of aromatic amines is 1. The number of hydrogen-bond donors (Lipinski definition) is 2. The first-order chi connectivity index (χ1) is 11.7. The molecule has 4 nitrogen and oxygen atoms in total. The van der Waals surface area contributed by atoms with Crippen LogP contribution in [0.2, 0.25) is 0 Å². The molecule has 0 bridgehead atoms. The fourth-order valence-electron chi connectivity index (χ4n) is 3.23. The maximum Gasteiger partial charge on any atom is 0.270 e. The minimum absolute atomic E-state index is 0.0316. The lowest BCUT2D eigenvalue weighted by Gasteiger charge is -2.33. The van der Waals surface area contributed by atoms with Gasteiger partial charge in [-0.25, -0.2) is 4.39 Å². The average Bonchev–Trinajstić information content (AvgIpc) is 3.16. The van der Waals surface area contributed by atoms with E-state index in [2.05, 4.69) is 10.3 Å². The largest absolute Gasteiger partial charge is 0.380 e. The van der Waals surface area contributed by atoms with Crippen molar-refractivity contribution in [1.82, 2.24) is 9.88 Å². The minimum Gasteiger partial charge on any atom is -0.380 e. The molecular formula is C18H18FN3OS. The van der Waals surface area contributed by atoms with E-state index in [1.807, 2.05) is 28.5 Å². The number of amides is 1. The molecule has 2 N–H and O–H groups in total. The number of halogens is 1. The van der Waals surface area contributed by atoms with Crippen molar-refractivity contribution in [2.45, 2.75) is 18.9 Å². The Kier molecular flexibility index (Phi) is 3.98. The van der Waals surface area contributed by atoms with Crippen molar-refractivity contribution in [2.75, 3.05) is 18.4 Å². The third kappa shape index (κ3) is 3.01. The number of carbonyl (C=O) groups is 1. The van der Waals surface area contributed by atoms with Crippen LogP contribution in [0.4, 0.5) is 10.1 Å². The van der Waals surface area contributed by atoms with Gasteiger partial charge in [0.25, 0.3) is 5.91 Å². The van der Waals surface area contributed by atoms with Crippen LogP contribution in [0.3, 0.4) is 0 Å². The Morgan fingerprint density at radius 3 is 3.08 bits per heavy atom. The van der Waals surface area contributed by atoms with Crippen molar-refractivity contribution in [3.8, 4) is 0 Å². The van der Waals surface area contributed by atoms with Gasteiger partial charge in [0.2, 0.25) is 0 Å². The topological polar surface area (TPSA) is 48.1 Å². The molecule has 0 unspecified atom stereocenters. The zero-order valence-electron chi connectivity index (χ0n) is 13.1. The fourth-order valence-corrected chi connectivity index (χ4v) is 4.01. The first kappa shape index (κ1) is 15.2. The highest BCUT2D eigenvalue weighted by Crippen LogP contribution is 2.23. The fraction of sp³-hybridized carbons (Fsp3) is 0.278. The van der Waals surface area contributed by atoms with E-state index < -0.39 is 0 Å². The predicted octanol–water partition coefficient (Wildman–Crippen LogP) is 4.09. The molecule has 1 amide bonds. The SMILES string of the molecule is O=C(c1cc2sccc2[nH]1)N1CCC[C@H](Nc2cccc(F)c2)C1. The van der Waals surface area contributed by atoms with E-state index in [0.29, 0.717) is 12.2 Å². The number of nitrogens with one attached hydrogen (secondary N) is 2. The molecule has 1 fully saturated rings. The van der Waals surface area contributed by atoms with Gasteiger partial charge >= 0.3 is 0 Å². The summed E-state index contributed by atoms with van der Waals surface area (Å²) in [6.45, 7) is 1.38. The second-order valence-electron chi connectivity index (χ2n) is 6.13. The van der Waals surface area contributed by atoms with Gasteiger partial charge in [-0.2, -0.15) is 0 Å². The molecule has 0 aliphatic carbocycles. The smallest absolute Gasteiger partial charge is 0.270 e. The molecule has 2 aromatic heterocycles. The van der Waals surface area contributed by atoms with E-state index >= 15 is 0 Å². The summed E-state index contributed by atoms with van der Waals surface area (Å²) in [5.74, 6) is -0.223. The van der Waals surface area contributed by atoms with Crippen molar-refractivity contribution in [1.29, 1.82) is 0 Å². The number of fused-ring (bicyclic) bond motifs is 1. The highest BCUT2D eigenvalue weighted by atomic mass is 32.1. The van der Waals surface area contributed by atoms with Gasteiger partial charge in [-0.3, -0.25) is 4.79 Å². The molecule has 1 aromatic carbocycles. The lowest BCUT2D eigenvalue weighted by molar-refractivity contribution is 0.0710. The first-order valence-corrected chi connectivity index (χ1v) is 8.94. The summed E-state index contributed by atoms with van der Waals surface area (Å²) in [5.41, 5.74) is 2.41. The monoisotopic (exact) mass is 343 g/mol. The Bertz CT molecular complexity index is 843. The number of aromatic nitrogens is 1. The van der Waals surface area contributed by atoms with Gasteiger partial charge < -0.3 is 15.2 Å². The minimum atomic E-state index is -0.254. The second kappa shape index (κ2) is 6.28. The normalized spacial score (nSPS) is 18.0. The van der Waals surface area contributed by atoms with Gasteiger partial charge in [-0.15, -0.1) is 11.3 Å². The molecule has 124 valence electrons. The Morgan fingerprint density at radius 2 is 2.25 bits per heavy atom. The molecule has 6 heteroatoms. The molecule has 24 heavy (non-hydrogen) atoms. The summed E-state index contributed by atoms with van der Waals surface area (Å²) in [4.78, 5) is 17.8. The second-order valence-corrected chi connectivity index (χ2v) is 7.07. The third-order valence-electron chi connectivity index (χ3n) is 4.37. The third-order valence-corrected chi connectivity index (χ3v) is 5.24. The number of anilines is 1. The lowest BCUT2D eigenvalue weighted by atomic mass is 10.0. The predicted molar refractivity (Wildman–Crippen MR) is 95.1 cm³/mol. The Labute approximate surface area is 143 Å². The van der Waals surface area contributed by atoms with E-state index in [-0.39, 0.29) is 17.8 Å². The Morgan fingerprint density at radius 1 is 1.33 bits per heavy atom. The molecule has 3 aromatic rings. The van der Waals surface area contributed by atoms with Gasteiger partial charge in [0.1, 0.15) is 11.5 Å². The maximum atomic E-state index is 13.3. The van der Waals surface area contributed by atoms with Crippen molar-refractivity contribution >= 4 is 33.1 Å². The summed E-state index contributed by atoms with van der Waals surface area (Å²) < 4.78 is 14.4. The first-order valence-electron chi connectivity index (χ1n) is 8.06. The standard InChI is InChI=1S/C18H18FN3OS/c19-12-3-1-4-13(9-12)20-14-5-2-7-22(11-14)18(23)16-10-17-15(21-16)6-8-24-17/h1,3-4,6,8-10,14,20-21H,2,5,7,11H2/t14-/m0/s1. The number of piperidine rings is 1. The van der Waals surface area contributed by atoms with Crippen LogP contribution in [0.1, 0.15) is 23.3 Å². The van der Waals surface area contributed by atoms with Crippen molar-refractivity contribution < 1.29 is 9.18 Å². The molecule has 0 saturated carbocycles. The van der Waals surface area contributed by atoms with Gasteiger partial charge in [0.15, 0.2) is 0 Å². The molecular weight excluding hydrogens is 325 g/mol. The van der Waals surface area contributed by atoms with Crippen LogP contribution in [0, 0.1) is 5.82 Å². The zero-order valence-corrected chi connectivity index (χ0v) is 13.9. The number of thiophene rings is 1. The van der Waals surface area contributed by atoms with Crippen LogP contribution in [0.5, 0.6) is 0 Å². The van der Waals surface area contributed by atoms with Crippen molar-refractivity contribution in [3.63, 3.8) is 0 Å². The number of hydrogen-bond acceptors (Lipinski definition) is 3. The molecule has 4 rings (SSSR count). The summed E-state index contributed by atoms with van der Waals surface area (Å²) >= 11 is 1.63. The number of rotatable bonds is 3. The maximum absolute atomic E-state index is 13.3. The van der Waals surface area contributed by atoms with Crippen molar-refractivity contribution in [3.05, 3.63) is 53.3 Å². The number of carbonyl (C=O) groups excluding carboxylic acids is 1. The van der Waals surface area contributed by atoms with Crippen molar-refractivity contribution in [2.24, 2.45) is 0 Å². The van der Waals surface area contributed by atoms with Gasteiger partial charge in [0, 0.05) is 24.8 Å². The van der Waals surface area contributed by atoms with E-state index in [4.69, 9.17) is 0 Å². The Hall–Kier alpha value is -2.34. The molecule has 1 aliphatic rings. The summed E-state index contributed by atoms with van der Waals surface area (Å²) in [7, 11) is 0. The number of H-pyrrole nitrogens is 1. The number of benzene rings is 1.